The minimum Gasteiger partial charge on any atom is -0.478 e. The molecule has 0 saturated carbocycles. The van der Waals surface area contributed by atoms with Crippen molar-refractivity contribution in [3.05, 3.63) is 35.9 Å². The third kappa shape index (κ3) is 3.32. The zero-order valence-corrected chi connectivity index (χ0v) is 9.50. The van der Waals surface area contributed by atoms with Crippen LogP contribution in [0.2, 0.25) is 0 Å². The van der Waals surface area contributed by atoms with E-state index in [1.807, 2.05) is 24.3 Å². The number of benzene rings is 1. The summed E-state index contributed by atoms with van der Waals surface area (Å²) < 4.78 is 5.30. The van der Waals surface area contributed by atoms with Gasteiger partial charge >= 0.3 is 5.97 Å². The smallest absolute Gasteiger partial charge is 0.328 e. The molecule has 0 amide bonds. The normalized spacial score (nSPS) is 16.4. The Bertz CT molecular complexity index is 422. The van der Waals surface area contributed by atoms with E-state index in [1.165, 1.54) is 0 Å². The van der Waals surface area contributed by atoms with Gasteiger partial charge in [0.15, 0.2) is 0 Å². The van der Waals surface area contributed by atoms with Crippen molar-refractivity contribution < 1.29 is 14.6 Å². The lowest BCUT2D eigenvalue weighted by Crippen LogP contribution is -2.36. The van der Waals surface area contributed by atoms with Gasteiger partial charge in [-0.3, -0.25) is 0 Å². The van der Waals surface area contributed by atoms with Crippen molar-refractivity contribution in [2.45, 2.75) is 0 Å². The molecule has 1 aliphatic heterocycles. The number of rotatable bonds is 3. The van der Waals surface area contributed by atoms with E-state index in [0.717, 1.165) is 43.6 Å². The molecule has 90 valence electrons. The quantitative estimate of drug-likeness (QED) is 0.806. The van der Waals surface area contributed by atoms with E-state index in [0.29, 0.717) is 0 Å². The summed E-state index contributed by atoms with van der Waals surface area (Å²) in [6, 6.07) is 7.85. The molecule has 0 unspecified atom stereocenters. The average Bonchev–Trinajstić information content (AvgIpc) is 2.38. The van der Waals surface area contributed by atoms with Crippen molar-refractivity contribution in [2.24, 2.45) is 0 Å². The zero-order valence-electron chi connectivity index (χ0n) is 9.50. The van der Waals surface area contributed by atoms with Crippen molar-refractivity contribution >= 4 is 17.7 Å². The van der Waals surface area contributed by atoms with Crippen molar-refractivity contribution in [1.29, 1.82) is 0 Å². The maximum atomic E-state index is 10.4. The third-order valence-corrected chi connectivity index (χ3v) is 2.66. The van der Waals surface area contributed by atoms with Gasteiger partial charge in [-0.05, 0) is 23.8 Å². The number of ether oxygens (including phenoxy) is 1. The first-order valence-electron chi connectivity index (χ1n) is 5.59. The fourth-order valence-electron chi connectivity index (χ4n) is 1.81. The Hall–Kier alpha value is -1.81. The highest BCUT2D eigenvalue weighted by molar-refractivity contribution is 5.85. The van der Waals surface area contributed by atoms with E-state index < -0.39 is 5.97 Å². The molecule has 1 heterocycles. The second-order valence-electron chi connectivity index (χ2n) is 3.87. The number of carboxylic acids is 1. The molecule has 4 heteroatoms. The van der Waals surface area contributed by atoms with Gasteiger partial charge in [0.05, 0.1) is 13.2 Å². The van der Waals surface area contributed by atoms with Crippen LogP contribution in [0.25, 0.3) is 6.08 Å². The molecule has 4 nitrogen and oxygen atoms in total. The molecule has 1 aromatic rings. The lowest BCUT2D eigenvalue weighted by Gasteiger charge is -2.29. The predicted octanol–water partition coefficient (Wildman–Crippen LogP) is 1.62. The van der Waals surface area contributed by atoms with Gasteiger partial charge in [0.1, 0.15) is 0 Å². The van der Waals surface area contributed by atoms with Gasteiger partial charge in [-0.2, -0.15) is 0 Å². The Morgan fingerprint density at radius 2 is 2.12 bits per heavy atom. The van der Waals surface area contributed by atoms with Gasteiger partial charge < -0.3 is 14.7 Å². The molecule has 0 atom stereocenters. The van der Waals surface area contributed by atoms with Gasteiger partial charge in [-0.1, -0.05) is 12.1 Å². The summed E-state index contributed by atoms with van der Waals surface area (Å²) >= 11 is 0. The first kappa shape index (κ1) is 11.7. The molecule has 0 aromatic heterocycles. The minimum absolute atomic E-state index is 0.745. The molecule has 0 spiro atoms. The van der Waals surface area contributed by atoms with Crippen molar-refractivity contribution in [3.63, 3.8) is 0 Å². The first-order chi connectivity index (χ1) is 8.25. The number of anilines is 1. The molecule has 0 bridgehead atoms. The van der Waals surface area contributed by atoms with E-state index >= 15 is 0 Å². The number of hydrogen-bond acceptors (Lipinski definition) is 3. The van der Waals surface area contributed by atoms with Crippen LogP contribution in [0, 0.1) is 0 Å². The van der Waals surface area contributed by atoms with Crippen LogP contribution in [-0.2, 0) is 9.53 Å². The largest absolute Gasteiger partial charge is 0.478 e. The van der Waals surface area contributed by atoms with Crippen LogP contribution in [0.4, 0.5) is 5.69 Å². The Morgan fingerprint density at radius 1 is 1.35 bits per heavy atom. The summed E-state index contributed by atoms with van der Waals surface area (Å²) in [4.78, 5) is 12.7. The van der Waals surface area contributed by atoms with Crippen LogP contribution in [-0.4, -0.2) is 37.4 Å². The average molecular weight is 233 g/mol. The molecule has 2 rings (SSSR count). The van der Waals surface area contributed by atoms with Crippen molar-refractivity contribution in [3.8, 4) is 0 Å². The third-order valence-electron chi connectivity index (χ3n) is 2.66. The van der Waals surface area contributed by atoms with E-state index in [1.54, 1.807) is 6.08 Å². The van der Waals surface area contributed by atoms with Crippen LogP contribution >= 0.6 is 0 Å². The Labute approximate surface area is 100 Å². The number of nitrogens with zero attached hydrogens (tertiary/aromatic N) is 1. The monoisotopic (exact) mass is 233 g/mol. The lowest BCUT2D eigenvalue weighted by atomic mass is 10.1. The number of carbonyl (C=O) groups is 1. The number of morpholine rings is 1. The SMILES string of the molecule is O=C(O)C=Cc1cccc(N2CCOCC2)c1. The standard InChI is InChI=1S/C13H15NO3/c15-13(16)5-4-11-2-1-3-12(10-11)14-6-8-17-9-7-14/h1-5,10H,6-9H2,(H,15,16). The zero-order chi connectivity index (χ0) is 12.1. The van der Waals surface area contributed by atoms with Gasteiger partial charge in [-0.25, -0.2) is 4.79 Å². The molecule has 17 heavy (non-hydrogen) atoms. The van der Waals surface area contributed by atoms with Gasteiger partial charge in [-0.15, -0.1) is 0 Å². The first-order valence-corrected chi connectivity index (χ1v) is 5.59. The van der Waals surface area contributed by atoms with Crippen LogP contribution in [0.3, 0.4) is 0 Å². The molecule has 0 aliphatic carbocycles. The second kappa shape index (κ2) is 5.50. The number of carboxylic acid groups (broad SMARTS) is 1. The molecule has 1 aromatic carbocycles. The van der Waals surface area contributed by atoms with Crippen LogP contribution in [0.1, 0.15) is 5.56 Å². The van der Waals surface area contributed by atoms with E-state index in [9.17, 15) is 4.79 Å². The molecule has 1 aliphatic rings. The highest BCUT2D eigenvalue weighted by atomic mass is 16.5. The molecule has 1 fully saturated rings. The molecule has 0 radical (unpaired) electrons. The van der Waals surface area contributed by atoms with E-state index in [2.05, 4.69) is 4.90 Å². The summed E-state index contributed by atoms with van der Waals surface area (Å²) in [5, 5.41) is 8.58. The van der Waals surface area contributed by atoms with E-state index in [-0.39, 0.29) is 0 Å². The molecule has 1 saturated heterocycles. The molecule has 1 N–H and O–H groups in total. The Kier molecular flexibility index (Phi) is 3.77. The lowest BCUT2D eigenvalue weighted by molar-refractivity contribution is -0.131. The second-order valence-corrected chi connectivity index (χ2v) is 3.87. The maximum absolute atomic E-state index is 10.4. The fraction of sp³-hybridized carbons (Fsp3) is 0.308. The van der Waals surface area contributed by atoms with E-state index in [4.69, 9.17) is 9.84 Å². The van der Waals surface area contributed by atoms with Crippen LogP contribution in [0.5, 0.6) is 0 Å². The Balaban J connectivity index is 2.12. The van der Waals surface area contributed by atoms with Gasteiger partial charge in [0.25, 0.3) is 0 Å². The van der Waals surface area contributed by atoms with Gasteiger partial charge in [0, 0.05) is 24.9 Å². The summed E-state index contributed by atoms with van der Waals surface area (Å²) in [6.07, 6.45) is 2.75. The topological polar surface area (TPSA) is 49.8 Å². The number of hydrogen-bond donors (Lipinski definition) is 1. The number of aliphatic carboxylic acids is 1. The molecular formula is C13H15NO3. The summed E-state index contributed by atoms with van der Waals surface area (Å²) in [5.74, 6) is -0.929. The maximum Gasteiger partial charge on any atom is 0.328 e. The summed E-state index contributed by atoms with van der Waals surface area (Å²) in [6.45, 7) is 3.25. The predicted molar refractivity (Wildman–Crippen MR) is 66.1 cm³/mol. The van der Waals surface area contributed by atoms with Crippen LogP contribution < -0.4 is 4.90 Å². The summed E-state index contributed by atoms with van der Waals surface area (Å²) in [5.41, 5.74) is 2.01. The summed E-state index contributed by atoms with van der Waals surface area (Å²) in [7, 11) is 0. The van der Waals surface area contributed by atoms with Crippen LogP contribution in [0.15, 0.2) is 30.3 Å². The molecular weight excluding hydrogens is 218 g/mol. The minimum atomic E-state index is -0.929. The Morgan fingerprint density at radius 3 is 2.82 bits per heavy atom. The fourth-order valence-corrected chi connectivity index (χ4v) is 1.81. The highest BCUT2D eigenvalue weighted by Crippen LogP contribution is 2.18. The van der Waals surface area contributed by atoms with Crippen molar-refractivity contribution in [1.82, 2.24) is 0 Å². The van der Waals surface area contributed by atoms with Gasteiger partial charge in [0.2, 0.25) is 0 Å². The van der Waals surface area contributed by atoms with Crippen molar-refractivity contribution in [2.75, 3.05) is 31.2 Å². The highest BCUT2D eigenvalue weighted by Gasteiger charge is 2.10.